The second-order valence-electron chi connectivity index (χ2n) is 5.87. The second-order valence-corrected chi connectivity index (χ2v) is 6.98. The molecule has 2 heterocycles. The third kappa shape index (κ3) is 2.01. The lowest BCUT2D eigenvalue weighted by atomic mass is 9.63. The van der Waals surface area contributed by atoms with E-state index in [1.54, 1.807) is 17.7 Å². The summed E-state index contributed by atoms with van der Waals surface area (Å²) >= 11 is 1.75. The van der Waals surface area contributed by atoms with Crippen molar-refractivity contribution in [3.8, 4) is 0 Å². The molecule has 3 N–H and O–H groups in total. The number of nitrogens with two attached hydrogens (primary N) is 1. The monoisotopic (exact) mass is 276 g/mol. The van der Waals surface area contributed by atoms with Crippen LogP contribution in [0.3, 0.4) is 0 Å². The van der Waals surface area contributed by atoms with E-state index in [1.807, 2.05) is 0 Å². The van der Waals surface area contributed by atoms with Gasteiger partial charge in [0.1, 0.15) is 17.0 Å². The van der Waals surface area contributed by atoms with Gasteiger partial charge < -0.3 is 11.1 Å². The summed E-state index contributed by atoms with van der Waals surface area (Å²) < 4.78 is 0. The average molecular weight is 276 g/mol. The summed E-state index contributed by atoms with van der Waals surface area (Å²) in [6.07, 6.45) is 3.69. The van der Waals surface area contributed by atoms with Gasteiger partial charge in [-0.15, -0.1) is 11.3 Å². The summed E-state index contributed by atoms with van der Waals surface area (Å²) in [4.78, 5) is 11.2. The minimum Gasteiger partial charge on any atom is -0.366 e. The zero-order valence-corrected chi connectivity index (χ0v) is 12.4. The highest BCUT2D eigenvalue weighted by Crippen LogP contribution is 2.41. The molecule has 2 aromatic rings. The van der Waals surface area contributed by atoms with Crippen molar-refractivity contribution in [1.82, 2.24) is 9.97 Å². The Labute approximate surface area is 117 Å². The fraction of sp³-hybridized carbons (Fsp3) is 0.571. The van der Waals surface area contributed by atoms with E-state index in [2.05, 4.69) is 42.1 Å². The van der Waals surface area contributed by atoms with Crippen molar-refractivity contribution >= 4 is 27.4 Å². The summed E-state index contributed by atoms with van der Waals surface area (Å²) in [5.41, 5.74) is 6.19. The molecule has 1 aliphatic rings. The normalized spacial score (nSPS) is 25.3. The van der Waals surface area contributed by atoms with E-state index in [-0.39, 0.29) is 11.5 Å². The maximum absolute atomic E-state index is 6.07. The van der Waals surface area contributed by atoms with Crippen molar-refractivity contribution in [3.63, 3.8) is 0 Å². The summed E-state index contributed by atoms with van der Waals surface area (Å²) in [6.45, 7) is 6.59. The Bertz CT molecular complexity index is 605. The highest BCUT2D eigenvalue weighted by Gasteiger charge is 2.46. The minimum atomic E-state index is 0.126. The number of hydrogen-bond donors (Lipinski definition) is 2. The predicted molar refractivity (Wildman–Crippen MR) is 80.6 cm³/mol. The van der Waals surface area contributed by atoms with Gasteiger partial charge in [-0.05, 0) is 18.9 Å². The summed E-state index contributed by atoms with van der Waals surface area (Å²) in [5, 5.41) is 4.69. The van der Waals surface area contributed by atoms with E-state index in [1.165, 1.54) is 4.88 Å². The fourth-order valence-electron chi connectivity index (χ4n) is 2.56. The quantitative estimate of drug-likeness (QED) is 0.905. The first kappa shape index (κ1) is 12.8. The Kier molecular flexibility index (Phi) is 2.98. The number of rotatable bonds is 3. The standard InChI is InChI=1S/C14H20N4S/c1-4-8-5-9-12(16-7-17-13(9)19-8)18-11-6-10(15)14(11,2)3/h5,7,10-11H,4,6,15H2,1-3H3,(H,16,17,18). The van der Waals surface area contributed by atoms with Crippen LogP contribution in [0.4, 0.5) is 5.82 Å². The Morgan fingerprint density at radius 1 is 1.47 bits per heavy atom. The van der Waals surface area contributed by atoms with Crippen molar-refractivity contribution < 1.29 is 0 Å². The van der Waals surface area contributed by atoms with Gasteiger partial charge in [-0.25, -0.2) is 9.97 Å². The number of fused-ring (bicyclic) bond motifs is 1. The topological polar surface area (TPSA) is 63.8 Å². The number of nitrogens with one attached hydrogen (secondary N) is 1. The van der Waals surface area contributed by atoms with Crippen LogP contribution in [0.5, 0.6) is 0 Å². The van der Waals surface area contributed by atoms with Gasteiger partial charge in [0, 0.05) is 22.4 Å². The maximum Gasteiger partial charge on any atom is 0.138 e. The number of aromatic nitrogens is 2. The van der Waals surface area contributed by atoms with Crippen LogP contribution in [0.2, 0.25) is 0 Å². The first-order chi connectivity index (χ1) is 9.02. The Morgan fingerprint density at radius 3 is 2.89 bits per heavy atom. The van der Waals surface area contributed by atoms with E-state index in [9.17, 15) is 0 Å². The molecule has 1 aliphatic carbocycles. The van der Waals surface area contributed by atoms with Crippen molar-refractivity contribution in [2.45, 2.75) is 45.7 Å². The number of nitrogens with zero attached hydrogens (tertiary/aromatic N) is 2. The lowest BCUT2D eigenvalue weighted by Crippen LogP contribution is -2.61. The van der Waals surface area contributed by atoms with Crippen molar-refractivity contribution in [1.29, 1.82) is 0 Å². The third-order valence-corrected chi connectivity index (χ3v) is 5.57. The number of thiophene rings is 1. The molecule has 0 aliphatic heterocycles. The van der Waals surface area contributed by atoms with Gasteiger partial charge >= 0.3 is 0 Å². The molecule has 5 heteroatoms. The molecule has 102 valence electrons. The van der Waals surface area contributed by atoms with Gasteiger partial charge in [0.25, 0.3) is 0 Å². The van der Waals surface area contributed by atoms with Crippen LogP contribution in [0, 0.1) is 5.41 Å². The molecule has 2 unspecified atom stereocenters. The van der Waals surface area contributed by atoms with E-state index in [0.29, 0.717) is 6.04 Å². The summed E-state index contributed by atoms with van der Waals surface area (Å²) in [7, 11) is 0. The molecule has 0 saturated heterocycles. The zero-order chi connectivity index (χ0) is 13.6. The fourth-order valence-corrected chi connectivity index (χ4v) is 3.50. The molecule has 3 rings (SSSR count). The van der Waals surface area contributed by atoms with Gasteiger partial charge in [-0.1, -0.05) is 20.8 Å². The predicted octanol–water partition coefficient (Wildman–Crippen LogP) is 2.79. The Hall–Kier alpha value is -1.20. The van der Waals surface area contributed by atoms with E-state index in [4.69, 9.17) is 5.73 Å². The zero-order valence-electron chi connectivity index (χ0n) is 11.6. The minimum absolute atomic E-state index is 0.126. The molecule has 0 amide bonds. The van der Waals surface area contributed by atoms with Crippen LogP contribution in [0.1, 0.15) is 32.1 Å². The molecule has 1 fully saturated rings. The molecular weight excluding hydrogens is 256 g/mol. The third-order valence-electron chi connectivity index (χ3n) is 4.38. The molecule has 0 radical (unpaired) electrons. The van der Waals surface area contributed by atoms with Gasteiger partial charge in [-0.3, -0.25) is 0 Å². The molecule has 1 saturated carbocycles. The largest absolute Gasteiger partial charge is 0.366 e. The van der Waals surface area contributed by atoms with E-state index in [0.717, 1.165) is 28.9 Å². The lowest BCUT2D eigenvalue weighted by Gasteiger charge is -2.50. The molecular formula is C14H20N4S. The highest BCUT2D eigenvalue weighted by atomic mass is 32.1. The SMILES string of the molecule is CCc1cc2c(NC3CC(N)C3(C)C)ncnc2s1. The molecule has 0 bridgehead atoms. The van der Waals surface area contributed by atoms with Crippen molar-refractivity contribution in [2.24, 2.45) is 11.1 Å². The number of aryl methyl sites for hydroxylation is 1. The summed E-state index contributed by atoms with van der Waals surface area (Å²) in [5.74, 6) is 0.950. The summed E-state index contributed by atoms with van der Waals surface area (Å²) in [6, 6.07) is 2.87. The Balaban J connectivity index is 1.91. The van der Waals surface area contributed by atoms with Crippen LogP contribution >= 0.6 is 11.3 Å². The smallest absolute Gasteiger partial charge is 0.138 e. The Morgan fingerprint density at radius 2 is 2.26 bits per heavy atom. The van der Waals surface area contributed by atoms with Gasteiger partial charge in [0.2, 0.25) is 0 Å². The van der Waals surface area contributed by atoms with Crippen LogP contribution in [0.25, 0.3) is 10.2 Å². The molecule has 2 atom stereocenters. The van der Waals surface area contributed by atoms with Crippen LogP contribution in [-0.4, -0.2) is 22.1 Å². The first-order valence-corrected chi connectivity index (χ1v) is 7.59. The van der Waals surface area contributed by atoms with E-state index < -0.39 is 0 Å². The second kappa shape index (κ2) is 4.42. The first-order valence-electron chi connectivity index (χ1n) is 6.78. The molecule has 2 aromatic heterocycles. The highest BCUT2D eigenvalue weighted by molar-refractivity contribution is 7.18. The average Bonchev–Trinajstić information content (AvgIpc) is 2.82. The van der Waals surface area contributed by atoms with Crippen LogP contribution in [-0.2, 0) is 6.42 Å². The molecule has 0 aromatic carbocycles. The van der Waals surface area contributed by atoms with Gasteiger partial charge in [0.15, 0.2) is 0 Å². The number of anilines is 1. The lowest BCUT2D eigenvalue weighted by molar-refractivity contribution is 0.117. The molecule has 4 nitrogen and oxygen atoms in total. The van der Waals surface area contributed by atoms with Gasteiger partial charge in [0.05, 0.1) is 5.39 Å². The molecule has 19 heavy (non-hydrogen) atoms. The maximum atomic E-state index is 6.07. The number of hydrogen-bond acceptors (Lipinski definition) is 5. The molecule has 0 spiro atoms. The van der Waals surface area contributed by atoms with E-state index >= 15 is 0 Å². The van der Waals surface area contributed by atoms with Crippen molar-refractivity contribution in [3.05, 3.63) is 17.3 Å². The van der Waals surface area contributed by atoms with Crippen LogP contribution in [0.15, 0.2) is 12.4 Å². The van der Waals surface area contributed by atoms with Crippen LogP contribution < -0.4 is 11.1 Å². The van der Waals surface area contributed by atoms with Gasteiger partial charge in [-0.2, -0.15) is 0 Å². The van der Waals surface area contributed by atoms with Crippen molar-refractivity contribution in [2.75, 3.05) is 5.32 Å².